The second-order valence-electron chi connectivity index (χ2n) is 9.38. The highest BCUT2D eigenvalue weighted by Crippen LogP contribution is 2.36. The van der Waals surface area contributed by atoms with Crippen LogP contribution >= 0.6 is 0 Å². The molecule has 4 aromatic carbocycles. The molecule has 2 aliphatic heterocycles. The third-order valence-electron chi connectivity index (χ3n) is 7.20. The normalized spacial score (nSPS) is 16.0. The fraction of sp³-hybridized carbons (Fsp3) is 0.129. The molecule has 6 heteroatoms. The molecule has 0 aliphatic carbocycles. The van der Waals surface area contributed by atoms with Gasteiger partial charge in [0.05, 0.1) is 6.54 Å². The van der Waals surface area contributed by atoms with Crippen LogP contribution < -0.4 is 10.2 Å². The predicted octanol–water partition coefficient (Wildman–Crippen LogP) is 4.70. The summed E-state index contributed by atoms with van der Waals surface area (Å²) in [6.07, 6.45) is 0.841. The smallest absolute Gasteiger partial charge is 0.264 e. The third-order valence-corrected chi connectivity index (χ3v) is 7.20. The minimum atomic E-state index is -1.19. The molecular weight excluding hydrogens is 460 g/mol. The number of nitrogens with zero attached hydrogens (tertiary/aromatic N) is 2. The van der Waals surface area contributed by atoms with E-state index in [-0.39, 0.29) is 24.3 Å². The van der Waals surface area contributed by atoms with E-state index in [1.807, 2.05) is 102 Å². The Morgan fingerprint density at radius 1 is 0.838 bits per heavy atom. The van der Waals surface area contributed by atoms with Gasteiger partial charge in [0, 0.05) is 17.8 Å². The van der Waals surface area contributed by atoms with Crippen molar-refractivity contribution in [1.82, 2.24) is 10.2 Å². The Morgan fingerprint density at radius 3 is 2.19 bits per heavy atom. The lowest BCUT2D eigenvalue weighted by molar-refractivity contribution is -0.130. The molecule has 0 unspecified atom stereocenters. The minimum absolute atomic E-state index is 0.0305. The summed E-state index contributed by atoms with van der Waals surface area (Å²) in [6, 6.07) is 34.4. The molecule has 1 fully saturated rings. The number of hydrogen-bond donors (Lipinski definition) is 2. The zero-order valence-corrected chi connectivity index (χ0v) is 20.2. The first kappa shape index (κ1) is 22.7. The number of hydrogen-bond acceptors (Lipinski definition) is 3. The molecular formula is C31H26N4O2. The largest absolute Gasteiger partial charge is 0.334 e. The van der Waals surface area contributed by atoms with Gasteiger partial charge < -0.3 is 10.2 Å². The van der Waals surface area contributed by atoms with E-state index in [0.717, 1.165) is 28.8 Å². The number of nitrogens with one attached hydrogen (secondary N) is 2. The van der Waals surface area contributed by atoms with Crippen LogP contribution in [0.15, 0.2) is 109 Å². The van der Waals surface area contributed by atoms with Crippen LogP contribution in [-0.2, 0) is 23.3 Å². The summed E-state index contributed by atoms with van der Waals surface area (Å²) >= 11 is 0. The van der Waals surface area contributed by atoms with E-state index in [1.54, 1.807) is 6.07 Å². The summed E-state index contributed by atoms with van der Waals surface area (Å²) in [4.78, 5) is 30.7. The van der Waals surface area contributed by atoms with Gasteiger partial charge in [-0.05, 0) is 46.9 Å². The zero-order valence-electron chi connectivity index (χ0n) is 20.2. The number of anilines is 1. The van der Waals surface area contributed by atoms with Crippen molar-refractivity contribution in [1.29, 1.82) is 5.41 Å². The lowest BCUT2D eigenvalue weighted by Gasteiger charge is -2.28. The molecule has 0 aromatic heterocycles. The summed E-state index contributed by atoms with van der Waals surface area (Å²) < 4.78 is 0. The number of para-hydroxylation sites is 1. The van der Waals surface area contributed by atoms with E-state index in [1.165, 1.54) is 10.5 Å². The Morgan fingerprint density at radius 2 is 1.49 bits per heavy atom. The molecule has 2 heterocycles. The number of rotatable bonds is 5. The number of carbonyl (C=O) groups excluding carboxylic acids is 2. The molecule has 0 radical (unpaired) electrons. The van der Waals surface area contributed by atoms with Crippen LogP contribution in [0, 0.1) is 5.41 Å². The van der Waals surface area contributed by atoms with Gasteiger partial charge in [0.15, 0.2) is 11.5 Å². The molecule has 2 N–H and O–H groups in total. The highest BCUT2D eigenvalue weighted by atomic mass is 16.2. The van der Waals surface area contributed by atoms with Gasteiger partial charge >= 0.3 is 0 Å². The summed E-state index contributed by atoms with van der Waals surface area (Å²) in [5.41, 5.74) is 3.84. The fourth-order valence-electron chi connectivity index (χ4n) is 5.38. The topological polar surface area (TPSA) is 76.5 Å². The van der Waals surface area contributed by atoms with Crippen molar-refractivity contribution in [3.63, 3.8) is 0 Å². The van der Waals surface area contributed by atoms with E-state index in [2.05, 4.69) is 11.4 Å². The minimum Gasteiger partial charge on any atom is -0.334 e. The van der Waals surface area contributed by atoms with Gasteiger partial charge in [-0.3, -0.25) is 19.9 Å². The second-order valence-corrected chi connectivity index (χ2v) is 9.38. The van der Waals surface area contributed by atoms with E-state index in [9.17, 15) is 9.59 Å². The molecule has 182 valence electrons. The molecule has 2 aliphatic rings. The molecule has 1 saturated heterocycles. The van der Waals surface area contributed by atoms with Gasteiger partial charge in [0.1, 0.15) is 0 Å². The molecule has 6 rings (SSSR count). The van der Waals surface area contributed by atoms with E-state index >= 15 is 0 Å². The molecule has 6 nitrogen and oxygen atoms in total. The molecule has 37 heavy (non-hydrogen) atoms. The van der Waals surface area contributed by atoms with Crippen LogP contribution in [0.1, 0.15) is 32.6 Å². The second kappa shape index (κ2) is 9.06. The van der Waals surface area contributed by atoms with Gasteiger partial charge in [-0.2, -0.15) is 0 Å². The van der Waals surface area contributed by atoms with Crippen molar-refractivity contribution in [2.45, 2.75) is 18.5 Å². The Kier molecular flexibility index (Phi) is 5.57. The maximum atomic E-state index is 14.1. The van der Waals surface area contributed by atoms with E-state index in [4.69, 9.17) is 5.41 Å². The van der Waals surface area contributed by atoms with Gasteiger partial charge in [0.2, 0.25) is 0 Å². The third kappa shape index (κ3) is 3.78. The Bertz CT molecular complexity index is 1460. The Hall–Kier alpha value is -4.71. The summed E-state index contributed by atoms with van der Waals surface area (Å²) in [6.45, 7) is 0.835. The average Bonchev–Trinajstić information content (AvgIpc) is 3.49. The molecule has 4 aromatic rings. The Labute approximate surface area is 215 Å². The predicted molar refractivity (Wildman–Crippen MR) is 143 cm³/mol. The highest BCUT2D eigenvalue weighted by Gasteiger charge is 2.52. The summed E-state index contributed by atoms with van der Waals surface area (Å²) in [5, 5.41) is 11.9. The van der Waals surface area contributed by atoms with Crippen molar-refractivity contribution in [3.8, 4) is 0 Å². The first-order valence-electron chi connectivity index (χ1n) is 12.4. The van der Waals surface area contributed by atoms with Crippen LogP contribution in [0.5, 0.6) is 0 Å². The first-order chi connectivity index (χ1) is 18.1. The molecule has 0 saturated carbocycles. The number of guanidine groups is 1. The lowest BCUT2D eigenvalue weighted by atomic mass is 9.82. The van der Waals surface area contributed by atoms with Crippen LogP contribution in [0.4, 0.5) is 5.69 Å². The van der Waals surface area contributed by atoms with Gasteiger partial charge in [-0.15, -0.1) is 0 Å². The van der Waals surface area contributed by atoms with Gasteiger partial charge in [-0.25, -0.2) is 0 Å². The summed E-state index contributed by atoms with van der Waals surface area (Å²) in [7, 11) is 0. The van der Waals surface area contributed by atoms with Crippen molar-refractivity contribution in [3.05, 3.63) is 137 Å². The molecule has 0 atom stereocenters. The van der Waals surface area contributed by atoms with Crippen molar-refractivity contribution < 1.29 is 9.59 Å². The molecule has 0 bridgehead atoms. The zero-order chi connectivity index (χ0) is 25.4. The van der Waals surface area contributed by atoms with Crippen LogP contribution in [0.3, 0.4) is 0 Å². The lowest BCUT2D eigenvalue weighted by Crippen LogP contribution is -2.45. The van der Waals surface area contributed by atoms with Crippen LogP contribution in [0.25, 0.3) is 0 Å². The number of fused-ring (bicyclic) bond motifs is 1. The number of amides is 2. The van der Waals surface area contributed by atoms with Crippen molar-refractivity contribution >= 4 is 23.5 Å². The quantitative estimate of drug-likeness (QED) is 0.429. The number of carbonyl (C=O) groups is 2. The van der Waals surface area contributed by atoms with Crippen molar-refractivity contribution in [2.24, 2.45) is 0 Å². The standard InChI is InChI=1S/C31H26N4O2/c32-30-33-31(25-13-3-1-4-14-25,26-15-5-2-6-16-26)29(37)35(30)21-22-10-9-12-24(20-22)28(36)34-19-18-23-11-7-8-17-27(23)34/h1-17,20H,18-19,21H2,(H2,32,33). The Balaban J connectivity index is 1.30. The average molecular weight is 487 g/mol. The fourth-order valence-corrected chi connectivity index (χ4v) is 5.38. The van der Waals surface area contributed by atoms with E-state index < -0.39 is 5.54 Å². The van der Waals surface area contributed by atoms with Gasteiger partial charge in [-0.1, -0.05) is 91.0 Å². The SMILES string of the molecule is N=C1NC(c2ccccc2)(c2ccccc2)C(=O)N1Cc1cccc(C(=O)N2CCc3ccccc32)c1. The highest BCUT2D eigenvalue weighted by molar-refractivity contribution is 6.10. The summed E-state index contributed by atoms with van der Waals surface area (Å²) in [5.74, 6) is -0.251. The van der Waals surface area contributed by atoms with Crippen molar-refractivity contribution in [2.75, 3.05) is 11.4 Å². The monoisotopic (exact) mass is 486 g/mol. The maximum absolute atomic E-state index is 14.1. The molecule has 0 spiro atoms. The van der Waals surface area contributed by atoms with Crippen LogP contribution in [-0.4, -0.2) is 29.2 Å². The van der Waals surface area contributed by atoms with Crippen LogP contribution in [0.2, 0.25) is 0 Å². The first-order valence-corrected chi connectivity index (χ1v) is 12.4. The number of benzene rings is 4. The molecule has 2 amide bonds. The van der Waals surface area contributed by atoms with E-state index in [0.29, 0.717) is 12.1 Å². The van der Waals surface area contributed by atoms with Gasteiger partial charge in [0.25, 0.3) is 11.8 Å². The maximum Gasteiger partial charge on any atom is 0.264 e.